The Kier molecular flexibility index (Phi) is 4.93. The molecule has 0 spiro atoms. The standard InChI is InChI=1S/C15H23N3O/c1-3-18(15-8-9-16-10-15)11-13-4-6-14(7-5-13)17-12(2)19/h4-7,15-16H,3,8-11H2,1-2H3,(H,17,19). The summed E-state index contributed by atoms with van der Waals surface area (Å²) in [6.45, 7) is 8.01. The van der Waals surface area contributed by atoms with Crippen molar-refractivity contribution < 1.29 is 4.79 Å². The van der Waals surface area contributed by atoms with E-state index in [9.17, 15) is 4.79 Å². The van der Waals surface area contributed by atoms with Crippen molar-refractivity contribution in [3.63, 3.8) is 0 Å². The average molecular weight is 261 g/mol. The maximum atomic E-state index is 11.0. The van der Waals surface area contributed by atoms with Gasteiger partial charge in [0.2, 0.25) is 5.91 Å². The van der Waals surface area contributed by atoms with Gasteiger partial charge in [-0.2, -0.15) is 0 Å². The summed E-state index contributed by atoms with van der Waals surface area (Å²) in [7, 11) is 0. The molecule has 0 radical (unpaired) electrons. The number of amides is 1. The van der Waals surface area contributed by atoms with E-state index in [1.165, 1.54) is 18.9 Å². The number of nitrogens with zero attached hydrogens (tertiary/aromatic N) is 1. The first kappa shape index (κ1) is 14.0. The van der Waals surface area contributed by atoms with Gasteiger partial charge in [-0.15, -0.1) is 0 Å². The Balaban J connectivity index is 1.95. The van der Waals surface area contributed by atoms with E-state index in [1.54, 1.807) is 0 Å². The Morgan fingerprint density at radius 3 is 2.68 bits per heavy atom. The van der Waals surface area contributed by atoms with Crippen molar-refractivity contribution in [1.82, 2.24) is 10.2 Å². The van der Waals surface area contributed by atoms with E-state index < -0.39 is 0 Å². The lowest BCUT2D eigenvalue weighted by molar-refractivity contribution is -0.114. The lowest BCUT2D eigenvalue weighted by Crippen LogP contribution is -2.36. The first-order valence-corrected chi connectivity index (χ1v) is 7.00. The summed E-state index contributed by atoms with van der Waals surface area (Å²) in [6.07, 6.45) is 1.23. The van der Waals surface area contributed by atoms with Gasteiger partial charge in [-0.1, -0.05) is 19.1 Å². The van der Waals surface area contributed by atoms with Gasteiger partial charge in [-0.3, -0.25) is 9.69 Å². The molecule has 19 heavy (non-hydrogen) atoms. The number of carbonyl (C=O) groups is 1. The smallest absolute Gasteiger partial charge is 0.221 e. The van der Waals surface area contributed by atoms with Crippen LogP contribution in [0.1, 0.15) is 25.8 Å². The zero-order valence-corrected chi connectivity index (χ0v) is 11.8. The number of nitrogens with one attached hydrogen (secondary N) is 2. The number of hydrogen-bond acceptors (Lipinski definition) is 3. The van der Waals surface area contributed by atoms with Crippen molar-refractivity contribution in [2.45, 2.75) is 32.9 Å². The highest BCUT2D eigenvalue weighted by Crippen LogP contribution is 2.15. The third kappa shape index (κ3) is 4.04. The topological polar surface area (TPSA) is 44.4 Å². The molecule has 104 valence electrons. The molecule has 0 saturated carbocycles. The fourth-order valence-electron chi connectivity index (χ4n) is 2.58. The van der Waals surface area contributed by atoms with E-state index in [0.717, 1.165) is 31.9 Å². The third-order valence-corrected chi connectivity index (χ3v) is 3.62. The van der Waals surface area contributed by atoms with E-state index in [0.29, 0.717) is 6.04 Å². The number of carbonyl (C=O) groups excluding carboxylic acids is 1. The molecule has 1 saturated heterocycles. The van der Waals surface area contributed by atoms with Gasteiger partial charge in [0.25, 0.3) is 0 Å². The minimum absolute atomic E-state index is 0.0278. The van der Waals surface area contributed by atoms with Crippen LogP contribution in [0.2, 0.25) is 0 Å². The Morgan fingerprint density at radius 1 is 1.42 bits per heavy atom. The van der Waals surface area contributed by atoms with Crippen molar-refractivity contribution in [1.29, 1.82) is 0 Å². The van der Waals surface area contributed by atoms with Gasteiger partial charge in [-0.25, -0.2) is 0 Å². The van der Waals surface area contributed by atoms with Gasteiger partial charge >= 0.3 is 0 Å². The molecule has 2 N–H and O–H groups in total. The summed E-state index contributed by atoms with van der Waals surface area (Å²) < 4.78 is 0. The SMILES string of the molecule is CCN(Cc1ccc(NC(C)=O)cc1)C1CCNC1. The minimum atomic E-state index is -0.0278. The summed E-state index contributed by atoms with van der Waals surface area (Å²) >= 11 is 0. The normalized spacial score (nSPS) is 18.8. The van der Waals surface area contributed by atoms with Gasteiger partial charge in [0.05, 0.1) is 0 Å². The molecule has 4 heteroatoms. The number of likely N-dealkylation sites (N-methyl/N-ethyl adjacent to an activating group) is 1. The summed E-state index contributed by atoms with van der Waals surface area (Å²) in [6, 6.07) is 8.78. The van der Waals surface area contributed by atoms with E-state index >= 15 is 0 Å². The molecule has 0 aliphatic carbocycles. The molecule has 1 unspecified atom stereocenters. The molecule has 1 heterocycles. The van der Waals surface area contributed by atoms with E-state index in [-0.39, 0.29) is 5.91 Å². The highest BCUT2D eigenvalue weighted by molar-refractivity contribution is 5.88. The van der Waals surface area contributed by atoms with E-state index in [4.69, 9.17) is 0 Å². The van der Waals surface area contributed by atoms with E-state index in [2.05, 4.69) is 34.6 Å². The second kappa shape index (κ2) is 6.68. The van der Waals surface area contributed by atoms with Gasteiger partial charge in [0.15, 0.2) is 0 Å². The molecular formula is C15H23N3O. The van der Waals surface area contributed by atoms with Gasteiger partial charge in [0.1, 0.15) is 0 Å². The molecule has 0 aromatic heterocycles. The van der Waals surface area contributed by atoms with Crippen LogP contribution in [0.25, 0.3) is 0 Å². The third-order valence-electron chi connectivity index (χ3n) is 3.62. The summed E-state index contributed by atoms with van der Waals surface area (Å²) in [5, 5.41) is 6.21. The van der Waals surface area contributed by atoms with Crippen LogP contribution in [0.5, 0.6) is 0 Å². The highest BCUT2D eigenvalue weighted by atomic mass is 16.1. The molecule has 1 aliphatic heterocycles. The fraction of sp³-hybridized carbons (Fsp3) is 0.533. The Hall–Kier alpha value is -1.39. The lowest BCUT2D eigenvalue weighted by Gasteiger charge is -2.27. The average Bonchev–Trinajstić information content (AvgIpc) is 2.91. The Morgan fingerprint density at radius 2 is 2.16 bits per heavy atom. The first-order valence-electron chi connectivity index (χ1n) is 7.00. The number of hydrogen-bond donors (Lipinski definition) is 2. The van der Waals surface area contributed by atoms with Crippen LogP contribution >= 0.6 is 0 Å². The van der Waals surface area contributed by atoms with Gasteiger partial charge in [0, 0.05) is 31.7 Å². The number of anilines is 1. The molecule has 1 aromatic rings. The fourth-order valence-corrected chi connectivity index (χ4v) is 2.58. The summed E-state index contributed by atoms with van der Waals surface area (Å²) in [5.41, 5.74) is 2.16. The quantitative estimate of drug-likeness (QED) is 0.850. The zero-order valence-electron chi connectivity index (χ0n) is 11.8. The van der Waals surface area contributed by atoms with Gasteiger partial charge < -0.3 is 10.6 Å². The van der Waals surface area contributed by atoms with Crippen LogP contribution in [0.3, 0.4) is 0 Å². The lowest BCUT2D eigenvalue weighted by atomic mass is 10.1. The van der Waals surface area contributed by atoms with Crippen LogP contribution in [-0.4, -0.2) is 36.5 Å². The molecule has 1 fully saturated rings. The highest BCUT2D eigenvalue weighted by Gasteiger charge is 2.20. The molecule has 1 aliphatic rings. The van der Waals surface area contributed by atoms with Crippen molar-refractivity contribution >= 4 is 11.6 Å². The van der Waals surface area contributed by atoms with Gasteiger partial charge in [-0.05, 0) is 37.2 Å². The maximum absolute atomic E-state index is 11.0. The summed E-state index contributed by atoms with van der Waals surface area (Å²) in [4.78, 5) is 13.5. The molecule has 1 atom stereocenters. The van der Waals surface area contributed by atoms with Crippen molar-refractivity contribution in [3.8, 4) is 0 Å². The zero-order chi connectivity index (χ0) is 13.7. The van der Waals surface area contributed by atoms with Crippen LogP contribution in [0.15, 0.2) is 24.3 Å². The van der Waals surface area contributed by atoms with E-state index in [1.807, 2.05) is 12.1 Å². The van der Waals surface area contributed by atoms with Crippen LogP contribution in [0.4, 0.5) is 5.69 Å². The predicted molar refractivity (Wildman–Crippen MR) is 78.1 cm³/mol. The number of rotatable bonds is 5. The predicted octanol–water partition coefficient (Wildman–Crippen LogP) is 1.83. The Bertz CT molecular complexity index is 410. The first-order chi connectivity index (χ1) is 9.19. The second-order valence-corrected chi connectivity index (χ2v) is 5.09. The second-order valence-electron chi connectivity index (χ2n) is 5.09. The molecule has 1 aromatic carbocycles. The van der Waals surface area contributed by atoms with Crippen molar-refractivity contribution in [2.24, 2.45) is 0 Å². The summed E-state index contributed by atoms with van der Waals surface area (Å²) in [5.74, 6) is -0.0278. The van der Waals surface area contributed by atoms with Crippen LogP contribution < -0.4 is 10.6 Å². The molecule has 2 rings (SSSR count). The Labute approximate surface area is 115 Å². The van der Waals surface area contributed by atoms with Crippen LogP contribution in [0, 0.1) is 0 Å². The molecular weight excluding hydrogens is 238 g/mol. The maximum Gasteiger partial charge on any atom is 0.221 e. The van der Waals surface area contributed by atoms with Crippen molar-refractivity contribution in [3.05, 3.63) is 29.8 Å². The molecule has 4 nitrogen and oxygen atoms in total. The van der Waals surface area contributed by atoms with Crippen molar-refractivity contribution in [2.75, 3.05) is 25.0 Å². The number of benzene rings is 1. The minimum Gasteiger partial charge on any atom is -0.326 e. The molecule has 0 bridgehead atoms. The monoisotopic (exact) mass is 261 g/mol. The largest absolute Gasteiger partial charge is 0.326 e. The van der Waals surface area contributed by atoms with Crippen LogP contribution in [-0.2, 0) is 11.3 Å². The molecule has 1 amide bonds.